The van der Waals surface area contributed by atoms with Crippen molar-refractivity contribution < 1.29 is 23.8 Å². The highest BCUT2D eigenvalue weighted by Gasteiger charge is 2.34. The van der Waals surface area contributed by atoms with Gasteiger partial charge in [0, 0.05) is 12.3 Å². The molecule has 1 unspecified atom stereocenters. The maximum absolute atomic E-state index is 12.4. The topological polar surface area (TPSA) is 65.1 Å². The first-order valence-electron chi connectivity index (χ1n) is 7.43. The Kier molecular flexibility index (Phi) is 5.36. The van der Waals surface area contributed by atoms with Crippen LogP contribution < -0.4 is 0 Å². The number of hydrogen-bond acceptors (Lipinski definition) is 5. The van der Waals surface area contributed by atoms with Crippen LogP contribution in [0.3, 0.4) is 0 Å². The van der Waals surface area contributed by atoms with Crippen LogP contribution >= 0.6 is 0 Å². The Hall–Kier alpha value is -1.40. The lowest BCUT2D eigenvalue weighted by atomic mass is 9.95. The van der Waals surface area contributed by atoms with Crippen molar-refractivity contribution >= 4 is 12.0 Å². The molecule has 0 aromatic rings. The normalized spacial score (nSPS) is 22.1. The molecule has 2 amide bonds. The predicted molar refractivity (Wildman–Crippen MR) is 75.5 cm³/mol. The molecule has 0 N–H and O–H groups in total. The summed E-state index contributed by atoms with van der Waals surface area (Å²) in [6, 6.07) is 0. The highest BCUT2D eigenvalue weighted by atomic mass is 16.7. The summed E-state index contributed by atoms with van der Waals surface area (Å²) in [4.78, 5) is 25.0. The number of nitrogens with zero attached hydrogens (tertiary/aromatic N) is 1. The van der Waals surface area contributed by atoms with Gasteiger partial charge < -0.3 is 14.2 Å². The van der Waals surface area contributed by atoms with Crippen molar-refractivity contribution in [2.24, 2.45) is 5.92 Å². The van der Waals surface area contributed by atoms with E-state index in [0.29, 0.717) is 32.6 Å². The standard InChI is InChI=1S/C15H23NO5/c1-3-5-12(13(17)16-8-9-19-14(16)18)6-4-7-15(2)20-10-11-21-15/h3,12H,1,4-11H2,2H3. The number of ether oxygens (including phenoxy) is 3. The Morgan fingerprint density at radius 2 is 2.14 bits per heavy atom. The molecule has 2 heterocycles. The van der Waals surface area contributed by atoms with Gasteiger partial charge in [0.25, 0.3) is 0 Å². The molecule has 6 nitrogen and oxygen atoms in total. The van der Waals surface area contributed by atoms with Gasteiger partial charge in [-0.3, -0.25) is 4.79 Å². The smallest absolute Gasteiger partial charge is 0.416 e. The molecule has 0 aromatic heterocycles. The summed E-state index contributed by atoms with van der Waals surface area (Å²) in [5, 5.41) is 0. The third kappa shape index (κ3) is 4.04. The van der Waals surface area contributed by atoms with Gasteiger partial charge >= 0.3 is 6.09 Å². The number of cyclic esters (lactones) is 1. The van der Waals surface area contributed by atoms with Crippen LogP contribution in [0.5, 0.6) is 0 Å². The molecule has 2 aliphatic heterocycles. The van der Waals surface area contributed by atoms with Gasteiger partial charge in [-0.05, 0) is 26.2 Å². The number of allylic oxidation sites excluding steroid dienone is 1. The van der Waals surface area contributed by atoms with Crippen molar-refractivity contribution in [2.75, 3.05) is 26.4 Å². The summed E-state index contributed by atoms with van der Waals surface area (Å²) in [7, 11) is 0. The monoisotopic (exact) mass is 297 g/mol. The summed E-state index contributed by atoms with van der Waals surface area (Å²) in [6.45, 7) is 7.47. The highest BCUT2D eigenvalue weighted by molar-refractivity contribution is 5.94. The van der Waals surface area contributed by atoms with E-state index in [1.54, 1.807) is 6.08 Å². The molecule has 0 radical (unpaired) electrons. The minimum atomic E-state index is -0.538. The molecule has 0 spiro atoms. The second-order valence-electron chi connectivity index (χ2n) is 5.55. The van der Waals surface area contributed by atoms with Gasteiger partial charge in [0.15, 0.2) is 5.79 Å². The Morgan fingerprint density at radius 3 is 2.71 bits per heavy atom. The molecule has 6 heteroatoms. The summed E-state index contributed by atoms with van der Waals surface area (Å²) in [5.74, 6) is -0.942. The molecule has 0 aliphatic carbocycles. The van der Waals surface area contributed by atoms with Crippen LogP contribution in [0, 0.1) is 5.92 Å². The van der Waals surface area contributed by atoms with E-state index in [0.717, 1.165) is 12.8 Å². The summed E-state index contributed by atoms with van der Waals surface area (Å²) >= 11 is 0. The van der Waals surface area contributed by atoms with Crippen molar-refractivity contribution in [3.05, 3.63) is 12.7 Å². The number of hydrogen-bond donors (Lipinski definition) is 0. The molecule has 2 saturated heterocycles. The van der Waals surface area contributed by atoms with Crippen LogP contribution in [-0.4, -0.2) is 49.1 Å². The van der Waals surface area contributed by atoms with Gasteiger partial charge in [0.1, 0.15) is 6.61 Å². The first-order chi connectivity index (χ1) is 10.1. The second kappa shape index (κ2) is 7.04. The van der Waals surface area contributed by atoms with Crippen LogP contribution in [0.2, 0.25) is 0 Å². The van der Waals surface area contributed by atoms with E-state index < -0.39 is 11.9 Å². The lowest BCUT2D eigenvalue weighted by Crippen LogP contribution is -2.37. The highest BCUT2D eigenvalue weighted by Crippen LogP contribution is 2.27. The van der Waals surface area contributed by atoms with Crippen molar-refractivity contribution in [3.63, 3.8) is 0 Å². The molecular weight excluding hydrogens is 274 g/mol. The molecular formula is C15H23NO5. The lowest BCUT2D eigenvalue weighted by Gasteiger charge is -2.24. The summed E-state index contributed by atoms with van der Waals surface area (Å²) in [6.07, 6.45) is 3.94. The average molecular weight is 297 g/mol. The molecule has 0 aromatic carbocycles. The van der Waals surface area contributed by atoms with E-state index in [-0.39, 0.29) is 18.4 Å². The van der Waals surface area contributed by atoms with Gasteiger partial charge in [0.05, 0.1) is 19.8 Å². The number of carbonyl (C=O) groups is 2. The van der Waals surface area contributed by atoms with Crippen LogP contribution in [0.25, 0.3) is 0 Å². The molecule has 2 fully saturated rings. The van der Waals surface area contributed by atoms with E-state index in [2.05, 4.69) is 6.58 Å². The minimum Gasteiger partial charge on any atom is -0.447 e. The van der Waals surface area contributed by atoms with Crippen molar-refractivity contribution in [1.82, 2.24) is 4.90 Å². The fourth-order valence-electron chi connectivity index (χ4n) is 2.73. The molecule has 118 valence electrons. The summed E-state index contributed by atoms with van der Waals surface area (Å²) < 4.78 is 15.9. The molecule has 0 bridgehead atoms. The van der Waals surface area contributed by atoms with E-state index in [4.69, 9.17) is 14.2 Å². The Balaban J connectivity index is 1.84. The Morgan fingerprint density at radius 1 is 1.43 bits per heavy atom. The van der Waals surface area contributed by atoms with Crippen LogP contribution in [0.15, 0.2) is 12.7 Å². The Labute approximate surface area is 125 Å². The lowest BCUT2D eigenvalue weighted by molar-refractivity contribution is -0.149. The second-order valence-corrected chi connectivity index (χ2v) is 5.55. The van der Waals surface area contributed by atoms with Crippen LogP contribution in [0.1, 0.15) is 32.6 Å². The zero-order valence-corrected chi connectivity index (χ0v) is 12.5. The summed E-state index contributed by atoms with van der Waals surface area (Å²) in [5.41, 5.74) is 0. The van der Waals surface area contributed by atoms with E-state index in [1.165, 1.54) is 4.90 Å². The first kappa shape index (κ1) is 16.0. The SMILES string of the molecule is C=CCC(CCCC1(C)OCCO1)C(=O)N1CCOC1=O. The van der Waals surface area contributed by atoms with Crippen LogP contribution in [0.4, 0.5) is 4.79 Å². The first-order valence-corrected chi connectivity index (χ1v) is 7.43. The van der Waals surface area contributed by atoms with Gasteiger partial charge in [-0.25, -0.2) is 9.69 Å². The number of rotatable bonds is 7. The molecule has 21 heavy (non-hydrogen) atoms. The Bertz CT molecular complexity index is 403. The zero-order valence-electron chi connectivity index (χ0n) is 12.5. The predicted octanol–water partition coefficient (Wildman–Crippen LogP) is 2.09. The largest absolute Gasteiger partial charge is 0.447 e. The number of imide groups is 1. The fourth-order valence-corrected chi connectivity index (χ4v) is 2.73. The van der Waals surface area contributed by atoms with Crippen molar-refractivity contribution in [1.29, 1.82) is 0 Å². The van der Waals surface area contributed by atoms with Gasteiger partial charge in [-0.15, -0.1) is 6.58 Å². The maximum atomic E-state index is 12.4. The van der Waals surface area contributed by atoms with E-state index >= 15 is 0 Å². The fraction of sp³-hybridized carbons (Fsp3) is 0.733. The third-order valence-corrected chi connectivity index (χ3v) is 3.91. The van der Waals surface area contributed by atoms with E-state index in [1.807, 2.05) is 6.92 Å². The van der Waals surface area contributed by atoms with Crippen molar-refractivity contribution in [3.8, 4) is 0 Å². The maximum Gasteiger partial charge on any atom is 0.416 e. The molecule has 1 atom stereocenters. The number of amides is 2. The molecule has 0 saturated carbocycles. The van der Waals surface area contributed by atoms with Gasteiger partial charge in [-0.2, -0.15) is 0 Å². The van der Waals surface area contributed by atoms with Crippen molar-refractivity contribution in [2.45, 2.75) is 38.4 Å². The zero-order chi connectivity index (χ0) is 15.3. The molecule has 2 rings (SSSR count). The van der Waals surface area contributed by atoms with Crippen LogP contribution in [-0.2, 0) is 19.0 Å². The van der Waals surface area contributed by atoms with Gasteiger partial charge in [-0.1, -0.05) is 6.08 Å². The number of carbonyl (C=O) groups excluding carboxylic acids is 2. The van der Waals surface area contributed by atoms with E-state index in [9.17, 15) is 9.59 Å². The van der Waals surface area contributed by atoms with Gasteiger partial charge in [0.2, 0.25) is 5.91 Å². The average Bonchev–Trinajstić information content (AvgIpc) is 3.06. The molecule has 2 aliphatic rings. The quantitative estimate of drug-likeness (QED) is 0.673. The third-order valence-electron chi connectivity index (χ3n) is 3.91. The minimum absolute atomic E-state index is 0.171.